The smallest absolute Gasteiger partial charge is 0.175 e. The SMILES string of the molecule is CCc1c(CCON)cc2c(c1Br)OCCO2. The lowest BCUT2D eigenvalue weighted by Crippen LogP contribution is -2.17. The Labute approximate surface area is 109 Å². The fraction of sp³-hybridized carbons (Fsp3) is 0.500. The zero-order chi connectivity index (χ0) is 12.3. The molecule has 2 N–H and O–H groups in total. The molecule has 0 amide bonds. The number of nitrogens with two attached hydrogens (primary N) is 1. The Morgan fingerprint density at radius 1 is 1.41 bits per heavy atom. The van der Waals surface area contributed by atoms with E-state index >= 15 is 0 Å². The van der Waals surface area contributed by atoms with Crippen LogP contribution in [0.1, 0.15) is 18.1 Å². The van der Waals surface area contributed by atoms with Crippen LogP contribution in [-0.2, 0) is 17.7 Å². The summed E-state index contributed by atoms with van der Waals surface area (Å²) >= 11 is 3.59. The lowest BCUT2D eigenvalue weighted by atomic mass is 10.0. The van der Waals surface area contributed by atoms with Gasteiger partial charge >= 0.3 is 0 Å². The number of benzene rings is 1. The first-order chi connectivity index (χ1) is 8.27. The molecule has 1 aromatic carbocycles. The Morgan fingerprint density at radius 3 is 2.88 bits per heavy atom. The van der Waals surface area contributed by atoms with Crippen molar-refractivity contribution in [3.63, 3.8) is 0 Å². The predicted octanol–water partition coefficient (Wildman–Crippen LogP) is 2.22. The van der Waals surface area contributed by atoms with Crippen LogP contribution in [0, 0.1) is 0 Å². The monoisotopic (exact) mass is 301 g/mol. The lowest BCUT2D eigenvalue weighted by molar-refractivity contribution is 0.140. The maximum Gasteiger partial charge on any atom is 0.175 e. The van der Waals surface area contributed by atoms with Crippen molar-refractivity contribution in [3.8, 4) is 11.5 Å². The highest BCUT2D eigenvalue weighted by atomic mass is 79.9. The van der Waals surface area contributed by atoms with E-state index in [4.69, 9.17) is 15.4 Å². The normalized spacial score (nSPS) is 13.8. The third-order valence-corrected chi connectivity index (χ3v) is 3.65. The molecule has 0 radical (unpaired) electrons. The first kappa shape index (κ1) is 12.7. The Hall–Kier alpha value is -0.780. The minimum atomic E-state index is 0.499. The second-order valence-corrected chi connectivity index (χ2v) is 4.62. The molecule has 0 bridgehead atoms. The fourth-order valence-corrected chi connectivity index (χ4v) is 2.85. The molecular weight excluding hydrogens is 286 g/mol. The molecule has 0 atom stereocenters. The summed E-state index contributed by atoms with van der Waals surface area (Å²) in [4.78, 5) is 4.64. The van der Waals surface area contributed by atoms with Crippen LogP contribution in [-0.4, -0.2) is 19.8 Å². The van der Waals surface area contributed by atoms with Crippen molar-refractivity contribution in [2.75, 3.05) is 19.8 Å². The summed E-state index contributed by atoms with van der Waals surface area (Å²) in [5.74, 6) is 6.69. The van der Waals surface area contributed by atoms with Gasteiger partial charge in [0.25, 0.3) is 0 Å². The van der Waals surface area contributed by atoms with Gasteiger partial charge in [-0.3, -0.25) is 0 Å². The van der Waals surface area contributed by atoms with Crippen molar-refractivity contribution >= 4 is 15.9 Å². The third kappa shape index (κ3) is 2.56. The van der Waals surface area contributed by atoms with Gasteiger partial charge in [0.05, 0.1) is 11.1 Å². The van der Waals surface area contributed by atoms with Crippen LogP contribution >= 0.6 is 15.9 Å². The Balaban J connectivity index is 2.40. The molecule has 1 aliphatic rings. The zero-order valence-corrected chi connectivity index (χ0v) is 11.4. The average molecular weight is 302 g/mol. The molecule has 1 aliphatic heterocycles. The van der Waals surface area contributed by atoms with E-state index in [2.05, 4.69) is 27.7 Å². The number of hydrogen-bond acceptors (Lipinski definition) is 4. The summed E-state index contributed by atoms with van der Waals surface area (Å²) in [6.07, 6.45) is 1.70. The van der Waals surface area contributed by atoms with Gasteiger partial charge in [0.1, 0.15) is 13.2 Å². The van der Waals surface area contributed by atoms with E-state index in [0.717, 1.165) is 28.8 Å². The van der Waals surface area contributed by atoms with Crippen molar-refractivity contribution in [2.24, 2.45) is 5.90 Å². The first-order valence-corrected chi connectivity index (χ1v) is 6.48. The van der Waals surface area contributed by atoms with Crippen molar-refractivity contribution in [1.82, 2.24) is 0 Å². The standard InChI is InChI=1S/C12H16BrNO3/c1-2-9-8(3-4-17-14)7-10-12(11(9)13)16-6-5-15-10/h7H,2-6,14H2,1H3. The fourth-order valence-electron chi connectivity index (χ4n) is 2.01. The number of hydrogen-bond donors (Lipinski definition) is 1. The maximum absolute atomic E-state index is 5.63. The van der Waals surface area contributed by atoms with Gasteiger partial charge in [0.15, 0.2) is 11.5 Å². The molecule has 0 aromatic heterocycles. The molecule has 5 heteroatoms. The van der Waals surface area contributed by atoms with Crippen LogP contribution in [0.2, 0.25) is 0 Å². The van der Waals surface area contributed by atoms with Gasteiger partial charge in [-0.15, -0.1) is 0 Å². The lowest BCUT2D eigenvalue weighted by Gasteiger charge is -2.23. The van der Waals surface area contributed by atoms with Crippen LogP contribution < -0.4 is 15.4 Å². The molecule has 1 aromatic rings. The third-order valence-electron chi connectivity index (χ3n) is 2.81. The summed E-state index contributed by atoms with van der Waals surface area (Å²) in [5.41, 5.74) is 2.42. The minimum absolute atomic E-state index is 0.499. The first-order valence-electron chi connectivity index (χ1n) is 5.69. The summed E-state index contributed by atoms with van der Waals surface area (Å²) in [6.45, 7) is 3.81. The Kier molecular flexibility index (Phi) is 4.25. The highest BCUT2D eigenvalue weighted by Crippen LogP contribution is 2.41. The molecule has 94 valence electrons. The highest BCUT2D eigenvalue weighted by molar-refractivity contribution is 9.10. The van der Waals surface area contributed by atoms with Crippen LogP contribution in [0.5, 0.6) is 11.5 Å². The molecule has 1 heterocycles. The summed E-state index contributed by atoms with van der Waals surface area (Å²) in [7, 11) is 0. The maximum atomic E-state index is 5.63. The van der Waals surface area contributed by atoms with Gasteiger partial charge in [-0.2, -0.15) is 0 Å². The van der Waals surface area contributed by atoms with E-state index in [9.17, 15) is 0 Å². The van der Waals surface area contributed by atoms with Crippen molar-refractivity contribution in [1.29, 1.82) is 0 Å². The molecular formula is C12H16BrNO3. The largest absolute Gasteiger partial charge is 0.486 e. The van der Waals surface area contributed by atoms with Gasteiger partial charge in [-0.1, -0.05) is 6.92 Å². The minimum Gasteiger partial charge on any atom is -0.486 e. The Morgan fingerprint density at radius 2 is 2.18 bits per heavy atom. The van der Waals surface area contributed by atoms with E-state index in [0.29, 0.717) is 19.8 Å². The van der Waals surface area contributed by atoms with Crippen molar-refractivity contribution in [2.45, 2.75) is 19.8 Å². The van der Waals surface area contributed by atoms with Gasteiger partial charge < -0.3 is 14.3 Å². The average Bonchev–Trinajstić information content (AvgIpc) is 2.36. The number of fused-ring (bicyclic) bond motifs is 1. The second kappa shape index (κ2) is 5.71. The van der Waals surface area contributed by atoms with Crippen LogP contribution in [0.25, 0.3) is 0 Å². The topological polar surface area (TPSA) is 53.7 Å². The van der Waals surface area contributed by atoms with E-state index in [1.165, 1.54) is 11.1 Å². The second-order valence-electron chi connectivity index (χ2n) is 3.83. The molecule has 0 unspecified atom stereocenters. The summed E-state index contributed by atoms with van der Waals surface area (Å²) in [5, 5.41) is 0. The predicted molar refractivity (Wildman–Crippen MR) is 68.4 cm³/mol. The van der Waals surface area contributed by atoms with E-state index < -0.39 is 0 Å². The van der Waals surface area contributed by atoms with Crippen molar-refractivity contribution in [3.05, 3.63) is 21.7 Å². The van der Waals surface area contributed by atoms with Gasteiger partial charge in [0, 0.05) is 0 Å². The van der Waals surface area contributed by atoms with Gasteiger partial charge in [-0.05, 0) is 46.0 Å². The van der Waals surface area contributed by atoms with Crippen LogP contribution in [0.4, 0.5) is 0 Å². The number of rotatable bonds is 4. The Bertz CT molecular complexity index is 409. The van der Waals surface area contributed by atoms with E-state index in [1.54, 1.807) is 0 Å². The highest BCUT2D eigenvalue weighted by Gasteiger charge is 2.20. The molecule has 0 aliphatic carbocycles. The molecule has 0 fully saturated rings. The van der Waals surface area contributed by atoms with Crippen LogP contribution in [0.15, 0.2) is 10.5 Å². The summed E-state index contributed by atoms with van der Waals surface area (Å²) in [6, 6.07) is 2.02. The van der Waals surface area contributed by atoms with Gasteiger partial charge in [0.2, 0.25) is 0 Å². The zero-order valence-electron chi connectivity index (χ0n) is 9.79. The van der Waals surface area contributed by atoms with Gasteiger partial charge in [-0.25, -0.2) is 5.90 Å². The van der Waals surface area contributed by atoms with E-state index in [1.807, 2.05) is 6.07 Å². The molecule has 17 heavy (non-hydrogen) atoms. The van der Waals surface area contributed by atoms with Crippen LogP contribution in [0.3, 0.4) is 0 Å². The quantitative estimate of drug-likeness (QED) is 0.867. The number of ether oxygens (including phenoxy) is 2. The molecule has 0 spiro atoms. The molecule has 0 saturated carbocycles. The summed E-state index contributed by atoms with van der Waals surface area (Å²) < 4.78 is 12.2. The molecule has 2 rings (SSSR count). The van der Waals surface area contributed by atoms with E-state index in [-0.39, 0.29) is 0 Å². The number of halogens is 1. The van der Waals surface area contributed by atoms with Crippen molar-refractivity contribution < 1.29 is 14.3 Å². The molecule has 4 nitrogen and oxygen atoms in total. The molecule has 0 saturated heterocycles.